The van der Waals surface area contributed by atoms with Crippen molar-refractivity contribution in [2.45, 2.75) is 91.6 Å². The molecular formula is C17H33NO3. The molecule has 0 aliphatic heterocycles. The Morgan fingerprint density at radius 3 is 2.05 bits per heavy atom. The van der Waals surface area contributed by atoms with Gasteiger partial charge in [0, 0.05) is 5.57 Å². The molecule has 0 heterocycles. The summed E-state index contributed by atoms with van der Waals surface area (Å²) < 4.78 is 0. The third kappa shape index (κ3) is 10.5. The topological polar surface area (TPSA) is 47.6 Å². The van der Waals surface area contributed by atoms with E-state index in [1.165, 1.54) is 25.7 Å². The van der Waals surface area contributed by atoms with Crippen LogP contribution in [-0.4, -0.2) is 12.0 Å². The average Bonchev–Trinajstić information content (AvgIpc) is 2.48. The Morgan fingerprint density at radius 1 is 1.05 bits per heavy atom. The van der Waals surface area contributed by atoms with Crippen molar-refractivity contribution in [1.82, 2.24) is 5.48 Å². The maximum atomic E-state index is 11.7. The first-order valence-electron chi connectivity index (χ1n) is 8.47. The number of rotatable bonds is 13. The van der Waals surface area contributed by atoms with E-state index in [1.807, 2.05) is 13.8 Å². The first kappa shape index (κ1) is 20.1. The molecule has 124 valence electrons. The van der Waals surface area contributed by atoms with E-state index in [-0.39, 0.29) is 12.0 Å². The van der Waals surface area contributed by atoms with Crippen LogP contribution in [0.1, 0.15) is 85.5 Å². The maximum Gasteiger partial charge on any atom is 0.272 e. The van der Waals surface area contributed by atoms with Crippen LogP contribution in [0.4, 0.5) is 0 Å². The number of unbranched alkanes of at least 4 members (excludes halogenated alkanes) is 4. The van der Waals surface area contributed by atoms with Crippen molar-refractivity contribution >= 4 is 5.91 Å². The molecule has 0 aromatic heterocycles. The Labute approximate surface area is 130 Å². The molecule has 0 radical (unpaired) electrons. The Balaban J connectivity index is 4.05. The largest absolute Gasteiger partial charge is 0.272 e. The van der Waals surface area contributed by atoms with Gasteiger partial charge in [-0.25, -0.2) is 4.89 Å². The van der Waals surface area contributed by atoms with Gasteiger partial charge in [-0.15, -0.1) is 4.99 Å². The molecule has 0 aromatic carbocycles. The van der Waals surface area contributed by atoms with Crippen LogP contribution in [-0.2, 0) is 14.7 Å². The number of amides is 1. The van der Waals surface area contributed by atoms with Crippen molar-refractivity contribution < 1.29 is 14.7 Å². The summed E-state index contributed by atoms with van der Waals surface area (Å²) >= 11 is 0. The van der Waals surface area contributed by atoms with Gasteiger partial charge in [0.05, 0.1) is 6.10 Å². The lowest BCUT2D eigenvalue weighted by Crippen LogP contribution is -2.28. The molecule has 0 rings (SSSR count). The normalized spacial score (nSPS) is 12.0. The lowest BCUT2D eigenvalue weighted by atomic mass is 10.0. The number of allylic oxidation sites excluding steroid dienone is 1. The van der Waals surface area contributed by atoms with Crippen LogP contribution in [0.2, 0.25) is 0 Å². The number of hydrogen-bond acceptors (Lipinski definition) is 3. The van der Waals surface area contributed by atoms with Gasteiger partial charge in [-0.3, -0.25) is 4.79 Å². The van der Waals surface area contributed by atoms with Crippen molar-refractivity contribution in [2.75, 3.05) is 0 Å². The van der Waals surface area contributed by atoms with Gasteiger partial charge < -0.3 is 0 Å². The van der Waals surface area contributed by atoms with Gasteiger partial charge in [-0.1, -0.05) is 65.4 Å². The lowest BCUT2D eigenvalue weighted by Gasteiger charge is -2.16. The Hall–Kier alpha value is -0.870. The van der Waals surface area contributed by atoms with E-state index in [1.54, 1.807) is 6.08 Å². The predicted octanol–water partition coefficient (Wildman–Crippen LogP) is 4.85. The maximum absolute atomic E-state index is 11.7. The fourth-order valence-corrected chi connectivity index (χ4v) is 2.18. The van der Waals surface area contributed by atoms with Crippen LogP contribution in [0.25, 0.3) is 0 Å². The summed E-state index contributed by atoms with van der Waals surface area (Å²) in [4.78, 5) is 22.1. The summed E-state index contributed by atoms with van der Waals surface area (Å²) in [5.41, 5.74) is 3.07. The molecule has 0 atom stereocenters. The molecule has 0 saturated heterocycles. The van der Waals surface area contributed by atoms with Gasteiger partial charge in [0.1, 0.15) is 0 Å². The van der Waals surface area contributed by atoms with E-state index < -0.39 is 0 Å². The molecule has 0 spiro atoms. The highest BCUT2D eigenvalue weighted by Gasteiger charge is 2.12. The predicted molar refractivity (Wildman–Crippen MR) is 86.4 cm³/mol. The Kier molecular flexibility index (Phi) is 13.5. The molecule has 1 amide bonds. The zero-order valence-corrected chi connectivity index (χ0v) is 14.2. The SMILES string of the molecule is CC=C(CC)C(=O)NOOC(CCCCC)CCCCC. The first-order valence-corrected chi connectivity index (χ1v) is 8.47. The standard InChI is InChI=1S/C17H33NO3/c1-5-9-11-13-16(14-12-10-6-2)20-21-18-17(19)15(7-3)8-4/h7,16H,5-6,8-14H2,1-4H3,(H,18,19). The van der Waals surface area contributed by atoms with E-state index in [4.69, 9.17) is 9.88 Å². The van der Waals surface area contributed by atoms with Crippen molar-refractivity contribution in [2.24, 2.45) is 0 Å². The second-order valence-corrected chi connectivity index (χ2v) is 5.39. The monoisotopic (exact) mass is 299 g/mol. The molecular weight excluding hydrogens is 266 g/mol. The van der Waals surface area contributed by atoms with Crippen molar-refractivity contribution in [1.29, 1.82) is 0 Å². The van der Waals surface area contributed by atoms with Crippen molar-refractivity contribution in [3.63, 3.8) is 0 Å². The zero-order valence-electron chi connectivity index (χ0n) is 14.2. The fraction of sp³-hybridized carbons (Fsp3) is 0.824. The molecule has 21 heavy (non-hydrogen) atoms. The van der Waals surface area contributed by atoms with E-state index in [2.05, 4.69) is 19.3 Å². The third-order valence-corrected chi connectivity index (χ3v) is 3.60. The minimum absolute atomic E-state index is 0.0686. The number of nitrogens with one attached hydrogen (secondary N) is 1. The van der Waals surface area contributed by atoms with Crippen molar-refractivity contribution in [3.8, 4) is 0 Å². The number of hydrogen-bond donors (Lipinski definition) is 1. The van der Waals surface area contributed by atoms with Crippen LogP contribution in [0.15, 0.2) is 11.6 Å². The summed E-state index contributed by atoms with van der Waals surface area (Å²) in [5, 5.41) is 0. The summed E-state index contributed by atoms with van der Waals surface area (Å²) in [5.74, 6) is -0.221. The van der Waals surface area contributed by atoms with E-state index >= 15 is 0 Å². The fourth-order valence-electron chi connectivity index (χ4n) is 2.18. The van der Waals surface area contributed by atoms with Crippen LogP contribution < -0.4 is 5.48 Å². The number of carbonyl (C=O) groups excluding carboxylic acids is 1. The third-order valence-electron chi connectivity index (χ3n) is 3.60. The zero-order chi connectivity index (χ0) is 15.9. The number of hydroxylamine groups is 1. The van der Waals surface area contributed by atoms with Gasteiger partial charge in [0.25, 0.3) is 5.91 Å². The highest BCUT2D eigenvalue weighted by molar-refractivity contribution is 5.92. The Morgan fingerprint density at radius 2 is 1.62 bits per heavy atom. The van der Waals surface area contributed by atoms with E-state index in [0.717, 1.165) is 25.7 Å². The molecule has 0 aliphatic rings. The second-order valence-electron chi connectivity index (χ2n) is 5.39. The van der Waals surface area contributed by atoms with Gasteiger partial charge >= 0.3 is 0 Å². The summed E-state index contributed by atoms with van der Waals surface area (Å²) in [6.07, 6.45) is 11.6. The molecule has 0 fully saturated rings. The molecule has 0 saturated carbocycles. The van der Waals surface area contributed by atoms with E-state index in [0.29, 0.717) is 12.0 Å². The summed E-state index contributed by atoms with van der Waals surface area (Å²) in [6, 6.07) is 0. The van der Waals surface area contributed by atoms with Crippen LogP contribution >= 0.6 is 0 Å². The first-order chi connectivity index (χ1) is 10.2. The van der Waals surface area contributed by atoms with Gasteiger partial charge in [-0.05, 0) is 26.2 Å². The molecule has 0 unspecified atom stereocenters. The molecule has 4 heteroatoms. The van der Waals surface area contributed by atoms with Gasteiger partial charge in [0.15, 0.2) is 0 Å². The second kappa shape index (κ2) is 14.1. The lowest BCUT2D eigenvalue weighted by molar-refractivity contribution is -0.356. The van der Waals surface area contributed by atoms with Crippen LogP contribution in [0.5, 0.6) is 0 Å². The highest BCUT2D eigenvalue weighted by Crippen LogP contribution is 2.14. The minimum atomic E-state index is -0.221. The molecule has 0 aliphatic carbocycles. The summed E-state index contributed by atoms with van der Waals surface area (Å²) in [6.45, 7) is 8.16. The molecule has 1 N–H and O–H groups in total. The quantitative estimate of drug-likeness (QED) is 0.229. The van der Waals surface area contributed by atoms with Gasteiger partial charge in [0.2, 0.25) is 0 Å². The highest BCUT2D eigenvalue weighted by atomic mass is 17.3. The van der Waals surface area contributed by atoms with Crippen molar-refractivity contribution in [3.05, 3.63) is 11.6 Å². The van der Waals surface area contributed by atoms with Gasteiger partial charge in [-0.2, -0.15) is 5.48 Å². The summed E-state index contributed by atoms with van der Waals surface area (Å²) in [7, 11) is 0. The smallest absolute Gasteiger partial charge is 0.267 e. The number of carbonyl (C=O) groups is 1. The van der Waals surface area contributed by atoms with Crippen LogP contribution in [0, 0.1) is 0 Å². The average molecular weight is 299 g/mol. The van der Waals surface area contributed by atoms with Crippen LogP contribution in [0.3, 0.4) is 0 Å². The molecule has 4 nitrogen and oxygen atoms in total. The van der Waals surface area contributed by atoms with E-state index in [9.17, 15) is 4.79 Å². The molecule has 0 bridgehead atoms. The minimum Gasteiger partial charge on any atom is -0.267 e. The molecule has 0 aromatic rings. The Bertz CT molecular complexity index is 280.